The highest BCUT2D eigenvalue weighted by Gasteiger charge is 2.43. The number of nitrogens with zero attached hydrogens (tertiary/aromatic N) is 2. The Labute approximate surface area is 111 Å². The molecule has 2 bridgehead atoms. The van der Waals surface area contributed by atoms with Gasteiger partial charge < -0.3 is 14.5 Å². The topological polar surface area (TPSA) is 49.9 Å². The van der Waals surface area contributed by atoms with Gasteiger partial charge in [-0.3, -0.25) is 9.59 Å². The summed E-state index contributed by atoms with van der Waals surface area (Å²) in [6, 6.07) is 7.07. The first-order valence-corrected chi connectivity index (χ1v) is 6.38. The highest BCUT2D eigenvalue weighted by molar-refractivity contribution is 6.00. The third-order valence-electron chi connectivity index (χ3n) is 3.80. The third kappa shape index (κ3) is 1.85. The van der Waals surface area contributed by atoms with Crippen molar-refractivity contribution in [3.8, 4) is 5.75 Å². The summed E-state index contributed by atoms with van der Waals surface area (Å²) in [5.41, 5.74) is 0.757. The van der Waals surface area contributed by atoms with Crippen molar-refractivity contribution in [1.29, 1.82) is 0 Å². The first-order valence-electron chi connectivity index (χ1n) is 6.38. The Hall–Kier alpha value is -2.04. The Morgan fingerprint density at radius 3 is 2.84 bits per heavy atom. The second kappa shape index (κ2) is 4.26. The van der Waals surface area contributed by atoms with Crippen LogP contribution in [0.1, 0.15) is 13.3 Å². The second-order valence-electron chi connectivity index (χ2n) is 5.03. The lowest BCUT2D eigenvalue weighted by Gasteiger charge is -2.28. The molecule has 5 nitrogen and oxygen atoms in total. The molecule has 1 fully saturated rings. The minimum Gasteiger partial charge on any atom is -0.486 e. The number of fused-ring (bicyclic) bond motifs is 3. The van der Waals surface area contributed by atoms with Crippen molar-refractivity contribution in [2.24, 2.45) is 0 Å². The van der Waals surface area contributed by atoms with Gasteiger partial charge in [0.2, 0.25) is 11.8 Å². The monoisotopic (exact) mass is 260 g/mol. The molecule has 0 aliphatic carbocycles. The molecule has 0 saturated carbocycles. The fraction of sp³-hybridized carbons (Fsp3) is 0.429. The van der Waals surface area contributed by atoms with E-state index >= 15 is 0 Å². The van der Waals surface area contributed by atoms with Crippen LogP contribution in [0.5, 0.6) is 5.75 Å². The Bertz CT molecular complexity index is 543. The molecular weight excluding hydrogens is 244 g/mol. The number of rotatable bonds is 0. The fourth-order valence-corrected chi connectivity index (χ4v) is 2.82. The Kier molecular flexibility index (Phi) is 2.69. The highest BCUT2D eigenvalue weighted by Crippen LogP contribution is 2.35. The van der Waals surface area contributed by atoms with Crippen LogP contribution in [0, 0.1) is 0 Å². The third-order valence-corrected chi connectivity index (χ3v) is 3.80. The van der Waals surface area contributed by atoms with E-state index in [0.29, 0.717) is 18.7 Å². The summed E-state index contributed by atoms with van der Waals surface area (Å²) >= 11 is 0. The van der Waals surface area contributed by atoms with Gasteiger partial charge in [0.15, 0.2) is 0 Å². The Morgan fingerprint density at radius 2 is 2.11 bits per heavy atom. The molecule has 0 N–H and O–H groups in total. The van der Waals surface area contributed by atoms with Gasteiger partial charge in [0.25, 0.3) is 0 Å². The number of para-hydroxylation sites is 2. The zero-order valence-corrected chi connectivity index (χ0v) is 11.0. The standard InChI is InChI=1S/C14H16N2O3/c1-9(17)16-8-10-7-12(16)14(18)15(2)11-5-3-4-6-13(11)19-10/h3-6,10,12H,7-8H2,1-2H3. The van der Waals surface area contributed by atoms with E-state index in [1.54, 1.807) is 16.8 Å². The highest BCUT2D eigenvalue weighted by atomic mass is 16.5. The smallest absolute Gasteiger partial charge is 0.249 e. The maximum atomic E-state index is 12.5. The number of hydrogen-bond donors (Lipinski definition) is 0. The van der Waals surface area contributed by atoms with E-state index in [0.717, 1.165) is 5.69 Å². The van der Waals surface area contributed by atoms with E-state index in [2.05, 4.69) is 0 Å². The van der Waals surface area contributed by atoms with Gasteiger partial charge in [-0.05, 0) is 12.1 Å². The second-order valence-corrected chi connectivity index (χ2v) is 5.03. The van der Waals surface area contributed by atoms with Crippen molar-refractivity contribution in [1.82, 2.24) is 4.90 Å². The summed E-state index contributed by atoms with van der Waals surface area (Å²) in [7, 11) is 1.72. The predicted molar refractivity (Wildman–Crippen MR) is 70.1 cm³/mol. The average molecular weight is 260 g/mol. The van der Waals surface area contributed by atoms with Crippen LogP contribution in [0.2, 0.25) is 0 Å². The number of amides is 2. The summed E-state index contributed by atoms with van der Waals surface area (Å²) < 4.78 is 5.94. The van der Waals surface area contributed by atoms with E-state index in [9.17, 15) is 9.59 Å². The molecule has 2 aliphatic heterocycles. The SMILES string of the molecule is CC(=O)N1CC2CC1C(=O)N(C)c1ccccc1O2. The quantitative estimate of drug-likeness (QED) is 0.700. The van der Waals surface area contributed by atoms with E-state index in [-0.39, 0.29) is 17.9 Å². The molecule has 2 atom stereocenters. The van der Waals surface area contributed by atoms with Gasteiger partial charge in [0.05, 0.1) is 12.2 Å². The number of likely N-dealkylation sites (tertiary alicyclic amines) is 1. The minimum absolute atomic E-state index is 0.0477. The number of hydrogen-bond acceptors (Lipinski definition) is 3. The fourth-order valence-electron chi connectivity index (χ4n) is 2.82. The lowest BCUT2D eigenvalue weighted by molar-refractivity contribution is -0.135. The average Bonchev–Trinajstić information content (AvgIpc) is 2.82. The van der Waals surface area contributed by atoms with Crippen LogP contribution in [-0.4, -0.2) is 42.5 Å². The van der Waals surface area contributed by atoms with Gasteiger partial charge in [-0.25, -0.2) is 0 Å². The normalized spacial score (nSPS) is 25.5. The number of ether oxygens (including phenoxy) is 1. The molecule has 2 unspecified atom stereocenters. The Morgan fingerprint density at radius 1 is 1.37 bits per heavy atom. The lowest BCUT2D eigenvalue weighted by Crippen LogP contribution is -2.46. The number of carbonyl (C=O) groups is 2. The van der Waals surface area contributed by atoms with Crippen molar-refractivity contribution < 1.29 is 14.3 Å². The lowest BCUT2D eigenvalue weighted by atomic mass is 10.1. The van der Waals surface area contributed by atoms with Crippen molar-refractivity contribution in [2.45, 2.75) is 25.5 Å². The molecule has 100 valence electrons. The maximum Gasteiger partial charge on any atom is 0.249 e. The molecule has 1 aromatic rings. The molecule has 0 aromatic heterocycles. The van der Waals surface area contributed by atoms with Gasteiger partial charge in [-0.1, -0.05) is 12.1 Å². The van der Waals surface area contributed by atoms with Crippen LogP contribution in [-0.2, 0) is 9.59 Å². The zero-order valence-electron chi connectivity index (χ0n) is 11.0. The van der Waals surface area contributed by atoms with E-state index in [1.807, 2.05) is 24.3 Å². The van der Waals surface area contributed by atoms with Gasteiger partial charge in [-0.15, -0.1) is 0 Å². The van der Waals surface area contributed by atoms with Crippen LogP contribution in [0.3, 0.4) is 0 Å². The zero-order chi connectivity index (χ0) is 13.6. The van der Waals surface area contributed by atoms with Crippen LogP contribution in [0.4, 0.5) is 5.69 Å². The summed E-state index contributed by atoms with van der Waals surface area (Å²) in [5, 5.41) is 0. The van der Waals surface area contributed by atoms with Crippen molar-refractivity contribution >= 4 is 17.5 Å². The maximum absolute atomic E-state index is 12.5. The van der Waals surface area contributed by atoms with Crippen molar-refractivity contribution in [3.63, 3.8) is 0 Å². The molecule has 1 saturated heterocycles. The van der Waals surface area contributed by atoms with Crippen LogP contribution >= 0.6 is 0 Å². The molecule has 19 heavy (non-hydrogen) atoms. The number of carbonyl (C=O) groups excluding carboxylic acids is 2. The summed E-state index contributed by atoms with van der Waals surface area (Å²) in [6.07, 6.45) is 0.463. The molecule has 0 radical (unpaired) electrons. The van der Waals surface area contributed by atoms with E-state index in [1.165, 1.54) is 6.92 Å². The first kappa shape index (κ1) is 12.0. The largest absolute Gasteiger partial charge is 0.486 e. The van der Waals surface area contributed by atoms with Crippen LogP contribution < -0.4 is 9.64 Å². The molecule has 2 heterocycles. The Balaban J connectivity index is 2.03. The van der Waals surface area contributed by atoms with E-state index in [4.69, 9.17) is 4.74 Å². The van der Waals surface area contributed by atoms with Crippen molar-refractivity contribution in [2.75, 3.05) is 18.5 Å². The number of benzene rings is 1. The summed E-state index contributed by atoms with van der Waals surface area (Å²) in [4.78, 5) is 27.3. The molecule has 3 rings (SSSR count). The van der Waals surface area contributed by atoms with Crippen molar-refractivity contribution in [3.05, 3.63) is 24.3 Å². The van der Waals surface area contributed by atoms with Gasteiger partial charge in [-0.2, -0.15) is 0 Å². The first-order chi connectivity index (χ1) is 9.08. The van der Waals surface area contributed by atoms with E-state index < -0.39 is 6.04 Å². The van der Waals surface area contributed by atoms with Gasteiger partial charge in [0.1, 0.15) is 17.9 Å². The van der Waals surface area contributed by atoms with Gasteiger partial charge >= 0.3 is 0 Å². The molecule has 5 heteroatoms. The molecular formula is C14H16N2O3. The van der Waals surface area contributed by atoms with Gasteiger partial charge in [0, 0.05) is 20.4 Å². The predicted octanol–water partition coefficient (Wildman–Crippen LogP) is 1.03. The molecule has 0 spiro atoms. The minimum atomic E-state index is -0.402. The van der Waals surface area contributed by atoms with Crippen LogP contribution in [0.15, 0.2) is 24.3 Å². The number of likely N-dealkylation sites (N-methyl/N-ethyl adjacent to an activating group) is 1. The molecule has 1 aromatic carbocycles. The molecule has 2 amide bonds. The van der Waals surface area contributed by atoms with Crippen LogP contribution in [0.25, 0.3) is 0 Å². The summed E-state index contributed by atoms with van der Waals surface area (Å²) in [6.45, 7) is 1.97. The molecule has 2 aliphatic rings. The summed E-state index contributed by atoms with van der Waals surface area (Å²) in [5.74, 6) is 0.574. The number of anilines is 1.